The molecule has 0 spiro atoms. The number of alkyl halides is 2. The number of hydrogen-bond donors (Lipinski definition) is 1. The maximum atomic E-state index is 13.0. The Labute approximate surface area is 107 Å². The molecule has 0 atom stereocenters. The fourth-order valence-electron chi connectivity index (χ4n) is 1.80. The summed E-state index contributed by atoms with van der Waals surface area (Å²) in [6.07, 6.45) is -2.52. The molecule has 1 aromatic rings. The average molecular weight is 258 g/mol. The van der Waals surface area contributed by atoms with Gasteiger partial charge in [0, 0.05) is 36.6 Å². The third-order valence-corrected chi connectivity index (χ3v) is 2.72. The van der Waals surface area contributed by atoms with E-state index in [1.807, 2.05) is 18.7 Å². The molecule has 0 unspecified atom stereocenters. The Hall–Kier alpha value is -1.36. The van der Waals surface area contributed by atoms with Crippen molar-refractivity contribution in [2.75, 3.05) is 36.9 Å². The highest BCUT2D eigenvalue weighted by molar-refractivity contribution is 5.60. The summed E-state index contributed by atoms with van der Waals surface area (Å²) in [5.74, 6) is 0. The van der Waals surface area contributed by atoms with Gasteiger partial charge in [0.25, 0.3) is 6.43 Å². The molecule has 1 rings (SSSR count). The molecule has 1 aromatic carbocycles. The van der Waals surface area contributed by atoms with Gasteiger partial charge in [0.1, 0.15) is 0 Å². The van der Waals surface area contributed by atoms with Gasteiger partial charge in [-0.05, 0) is 32.0 Å². The largest absolute Gasteiger partial charge is 0.399 e. The molecule has 0 saturated carbocycles. The summed E-state index contributed by atoms with van der Waals surface area (Å²) in [6, 6.07) is 4.63. The molecular weight excluding hydrogens is 238 g/mol. The number of benzene rings is 1. The van der Waals surface area contributed by atoms with E-state index in [-0.39, 0.29) is 5.56 Å². The van der Waals surface area contributed by atoms with Crippen molar-refractivity contribution >= 4 is 11.4 Å². The molecule has 2 N–H and O–H groups in total. The van der Waals surface area contributed by atoms with Gasteiger partial charge in [0.05, 0.1) is 6.61 Å². The SMILES string of the molecule is CCOCCN(CC)c1ccc(N)cc1C(F)F. The van der Waals surface area contributed by atoms with E-state index in [0.29, 0.717) is 37.7 Å². The zero-order valence-corrected chi connectivity index (χ0v) is 10.8. The van der Waals surface area contributed by atoms with Gasteiger partial charge in [0.2, 0.25) is 0 Å². The van der Waals surface area contributed by atoms with E-state index in [2.05, 4.69) is 0 Å². The molecule has 0 amide bonds. The van der Waals surface area contributed by atoms with Gasteiger partial charge >= 0.3 is 0 Å². The van der Waals surface area contributed by atoms with Crippen molar-refractivity contribution < 1.29 is 13.5 Å². The maximum absolute atomic E-state index is 13.0. The second-order valence-corrected chi connectivity index (χ2v) is 3.90. The highest BCUT2D eigenvalue weighted by Crippen LogP contribution is 2.31. The van der Waals surface area contributed by atoms with Crippen LogP contribution in [0.1, 0.15) is 25.8 Å². The Bertz CT molecular complexity index is 372. The van der Waals surface area contributed by atoms with E-state index in [0.717, 1.165) is 0 Å². The van der Waals surface area contributed by atoms with Crippen LogP contribution < -0.4 is 10.6 Å². The van der Waals surface area contributed by atoms with Gasteiger partial charge in [-0.3, -0.25) is 0 Å². The van der Waals surface area contributed by atoms with E-state index in [1.54, 1.807) is 12.1 Å². The fraction of sp³-hybridized carbons (Fsp3) is 0.538. The Kier molecular flexibility index (Phi) is 5.85. The fourth-order valence-corrected chi connectivity index (χ4v) is 1.80. The summed E-state index contributed by atoms with van der Waals surface area (Å²) in [7, 11) is 0. The first-order chi connectivity index (χ1) is 8.60. The molecule has 0 aliphatic heterocycles. The lowest BCUT2D eigenvalue weighted by atomic mass is 10.1. The normalized spacial score (nSPS) is 10.9. The zero-order valence-electron chi connectivity index (χ0n) is 10.8. The molecule has 102 valence electrons. The number of ether oxygens (including phenoxy) is 1. The number of nitrogens with zero attached hydrogens (tertiary/aromatic N) is 1. The molecule has 0 bridgehead atoms. The van der Waals surface area contributed by atoms with Crippen LogP contribution in [0.15, 0.2) is 18.2 Å². The second kappa shape index (κ2) is 7.16. The standard InChI is InChI=1S/C13H20F2N2O/c1-3-17(7-8-18-4-2)12-6-5-10(16)9-11(12)13(14)15/h5-6,9,13H,3-4,7-8,16H2,1-2H3. The van der Waals surface area contributed by atoms with Gasteiger partial charge in [-0.25, -0.2) is 8.78 Å². The van der Waals surface area contributed by atoms with Gasteiger partial charge in [-0.1, -0.05) is 0 Å². The number of nitrogen functional groups attached to an aromatic ring is 1. The Morgan fingerprint density at radius 2 is 2.06 bits per heavy atom. The van der Waals surface area contributed by atoms with E-state index in [4.69, 9.17) is 10.5 Å². The summed E-state index contributed by atoms with van der Waals surface area (Å²) >= 11 is 0. The topological polar surface area (TPSA) is 38.5 Å². The molecule has 0 aliphatic rings. The first kappa shape index (κ1) is 14.7. The Balaban J connectivity index is 2.90. The smallest absolute Gasteiger partial charge is 0.265 e. The van der Waals surface area contributed by atoms with Gasteiger partial charge < -0.3 is 15.4 Å². The third kappa shape index (κ3) is 3.84. The summed E-state index contributed by atoms with van der Waals surface area (Å²) < 4.78 is 31.2. The molecule has 3 nitrogen and oxygen atoms in total. The number of halogens is 2. The van der Waals surface area contributed by atoms with Gasteiger partial charge in [-0.2, -0.15) is 0 Å². The van der Waals surface area contributed by atoms with Crippen LogP contribution in [0.25, 0.3) is 0 Å². The minimum absolute atomic E-state index is 0.0200. The lowest BCUT2D eigenvalue weighted by Crippen LogP contribution is -2.28. The number of rotatable bonds is 7. The Morgan fingerprint density at radius 1 is 1.33 bits per heavy atom. The van der Waals surface area contributed by atoms with Crippen molar-refractivity contribution in [2.24, 2.45) is 0 Å². The van der Waals surface area contributed by atoms with Crippen LogP contribution in [-0.4, -0.2) is 26.3 Å². The zero-order chi connectivity index (χ0) is 13.5. The average Bonchev–Trinajstić information content (AvgIpc) is 2.35. The van der Waals surface area contributed by atoms with Crippen LogP contribution in [0.5, 0.6) is 0 Å². The second-order valence-electron chi connectivity index (χ2n) is 3.90. The van der Waals surface area contributed by atoms with E-state index >= 15 is 0 Å². The lowest BCUT2D eigenvalue weighted by molar-refractivity contribution is 0.148. The molecule has 0 aromatic heterocycles. The van der Waals surface area contributed by atoms with Crippen LogP contribution in [0.2, 0.25) is 0 Å². The van der Waals surface area contributed by atoms with Crippen LogP contribution in [-0.2, 0) is 4.74 Å². The van der Waals surface area contributed by atoms with Crippen LogP contribution in [0.4, 0.5) is 20.2 Å². The number of hydrogen-bond acceptors (Lipinski definition) is 3. The summed E-state index contributed by atoms with van der Waals surface area (Å²) in [5.41, 5.74) is 6.42. The minimum Gasteiger partial charge on any atom is -0.399 e. The highest BCUT2D eigenvalue weighted by atomic mass is 19.3. The molecule has 0 fully saturated rings. The Morgan fingerprint density at radius 3 is 2.61 bits per heavy atom. The number of anilines is 2. The third-order valence-electron chi connectivity index (χ3n) is 2.72. The van der Waals surface area contributed by atoms with Crippen molar-refractivity contribution in [1.29, 1.82) is 0 Å². The monoisotopic (exact) mass is 258 g/mol. The molecule has 5 heteroatoms. The number of likely N-dealkylation sites (N-methyl/N-ethyl adjacent to an activating group) is 1. The predicted octanol–water partition coefficient (Wildman–Crippen LogP) is 3.07. The molecule has 0 saturated heterocycles. The van der Waals surface area contributed by atoms with Crippen molar-refractivity contribution in [2.45, 2.75) is 20.3 Å². The molecule has 18 heavy (non-hydrogen) atoms. The van der Waals surface area contributed by atoms with E-state index in [9.17, 15) is 8.78 Å². The highest BCUT2D eigenvalue weighted by Gasteiger charge is 2.17. The van der Waals surface area contributed by atoms with Crippen molar-refractivity contribution in [3.63, 3.8) is 0 Å². The molecule has 0 aliphatic carbocycles. The summed E-state index contributed by atoms with van der Waals surface area (Å²) in [4.78, 5) is 1.87. The van der Waals surface area contributed by atoms with E-state index in [1.165, 1.54) is 6.07 Å². The first-order valence-electron chi connectivity index (χ1n) is 6.10. The van der Waals surface area contributed by atoms with Crippen LogP contribution >= 0.6 is 0 Å². The quantitative estimate of drug-likeness (QED) is 0.603. The van der Waals surface area contributed by atoms with Crippen LogP contribution in [0, 0.1) is 0 Å². The lowest BCUT2D eigenvalue weighted by Gasteiger charge is -2.25. The first-order valence-corrected chi connectivity index (χ1v) is 6.10. The van der Waals surface area contributed by atoms with Gasteiger partial charge in [0.15, 0.2) is 0 Å². The van der Waals surface area contributed by atoms with Crippen molar-refractivity contribution in [3.05, 3.63) is 23.8 Å². The summed E-state index contributed by atoms with van der Waals surface area (Å²) in [6.45, 7) is 6.23. The van der Waals surface area contributed by atoms with Crippen molar-refractivity contribution in [3.8, 4) is 0 Å². The number of nitrogens with two attached hydrogens (primary N) is 1. The predicted molar refractivity (Wildman–Crippen MR) is 70.2 cm³/mol. The molecule has 0 radical (unpaired) electrons. The summed E-state index contributed by atoms with van der Waals surface area (Å²) in [5, 5.41) is 0. The molecule has 0 heterocycles. The van der Waals surface area contributed by atoms with Crippen molar-refractivity contribution in [1.82, 2.24) is 0 Å². The van der Waals surface area contributed by atoms with Gasteiger partial charge in [-0.15, -0.1) is 0 Å². The minimum atomic E-state index is -2.52. The molecular formula is C13H20F2N2O. The maximum Gasteiger partial charge on any atom is 0.265 e. The van der Waals surface area contributed by atoms with Crippen LogP contribution in [0.3, 0.4) is 0 Å². The van der Waals surface area contributed by atoms with E-state index < -0.39 is 6.43 Å².